The van der Waals surface area contributed by atoms with Gasteiger partial charge in [-0.2, -0.15) is 0 Å². The van der Waals surface area contributed by atoms with Gasteiger partial charge in [0.2, 0.25) is 0 Å². The molecule has 1 aromatic rings. The highest BCUT2D eigenvalue weighted by atomic mass is 16.5. The first-order valence-corrected chi connectivity index (χ1v) is 3.70. The molecule has 0 unspecified atom stereocenters. The van der Waals surface area contributed by atoms with E-state index in [0.29, 0.717) is 6.54 Å². The van der Waals surface area contributed by atoms with E-state index in [1.54, 1.807) is 6.20 Å². The summed E-state index contributed by atoms with van der Waals surface area (Å²) in [5, 5.41) is 3.71. The number of hydrogen-bond acceptors (Lipinski definition) is 3. The molecule has 0 saturated carbocycles. The van der Waals surface area contributed by atoms with Gasteiger partial charge < -0.3 is 10.3 Å². The summed E-state index contributed by atoms with van der Waals surface area (Å²) in [6, 6.07) is 0. The quantitative estimate of drug-likeness (QED) is 0.696. The Kier molecular flexibility index (Phi) is 2.00. The molecule has 0 aliphatic heterocycles. The molecule has 1 rings (SSSR count). The van der Waals surface area contributed by atoms with Crippen LogP contribution in [-0.4, -0.2) is 11.7 Å². The normalized spacial score (nSPS) is 12.0. The van der Waals surface area contributed by atoms with Crippen molar-refractivity contribution < 1.29 is 4.52 Å². The lowest BCUT2D eigenvalue weighted by Crippen LogP contribution is -2.28. The number of nitrogens with zero attached hydrogens (tertiary/aromatic N) is 1. The molecule has 3 nitrogen and oxygen atoms in total. The van der Waals surface area contributed by atoms with E-state index in [1.807, 2.05) is 6.92 Å². The first-order valence-electron chi connectivity index (χ1n) is 3.70. The van der Waals surface area contributed by atoms with Gasteiger partial charge in [0.15, 0.2) is 0 Å². The third-order valence-corrected chi connectivity index (χ3v) is 1.99. The summed E-state index contributed by atoms with van der Waals surface area (Å²) in [5.41, 5.74) is 6.67. The molecule has 0 saturated heterocycles. The summed E-state index contributed by atoms with van der Waals surface area (Å²) >= 11 is 0. The number of aromatic nitrogens is 1. The molecular weight excluding hydrogens is 140 g/mol. The van der Waals surface area contributed by atoms with E-state index in [9.17, 15) is 0 Å². The van der Waals surface area contributed by atoms with Crippen molar-refractivity contribution in [1.29, 1.82) is 0 Å². The third kappa shape index (κ3) is 1.43. The van der Waals surface area contributed by atoms with Crippen molar-refractivity contribution in [2.75, 3.05) is 6.54 Å². The van der Waals surface area contributed by atoms with Crippen LogP contribution in [-0.2, 0) is 5.41 Å². The number of aryl methyl sites for hydroxylation is 1. The number of hydrogen-bond donors (Lipinski definition) is 1. The summed E-state index contributed by atoms with van der Waals surface area (Å²) < 4.78 is 4.95. The van der Waals surface area contributed by atoms with Crippen molar-refractivity contribution in [3.63, 3.8) is 0 Å². The molecule has 0 fully saturated rings. The lowest BCUT2D eigenvalue weighted by Gasteiger charge is -2.20. The van der Waals surface area contributed by atoms with Crippen molar-refractivity contribution in [1.82, 2.24) is 5.16 Å². The number of nitrogens with two attached hydrogens (primary N) is 1. The van der Waals surface area contributed by atoms with Crippen LogP contribution in [0.2, 0.25) is 0 Å². The van der Waals surface area contributed by atoms with Crippen LogP contribution in [0.25, 0.3) is 0 Å². The van der Waals surface area contributed by atoms with Crippen LogP contribution in [0.3, 0.4) is 0 Å². The molecule has 0 bridgehead atoms. The molecule has 2 N–H and O–H groups in total. The van der Waals surface area contributed by atoms with E-state index >= 15 is 0 Å². The molecule has 0 spiro atoms. The average molecular weight is 154 g/mol. The maximum atomic E-state index is 5.60. The van der Waals surface area contributed by atoms with Crippen LogP contribution in [0.1, 0.15) is 25.2 Å². The second-order valence-electron chi connectivity index (χ2n) is 3.38. The first-order chi connectivity index (χ1) is 5.08. The second-order valence-corrected chi connectivity index (χ2v) is 3.38. The number of rotatable bonds is 2. The van der Waals surface area contributed by atoms with Gasteiger partial charge in [-0.15, -0.1) is 0 Å². The molecule has 0 amide bonds. The van der Waals surface area contributed by atoms with E-state index < -0.39 is 0 Å². The third-order valence-electron chi connectivity index (χ3n) is 1.99. The largest absolute Gasteiger partial charge is 0.361 e. The Hall–Kier alpha value is -0.830. The zero-order chi connectivity index (χ0) is 8.48. The van der Waals surface area contributed by atoms with Gasteiger partial charge in [-0.3, -0.25) is 0 Å². The van der Waals surface area contributed by atoms with E-state index in [2.05, 4.69) is 19.0 Å². The van der Waals surface area contributed by atoms with Gasteiger partial charge in [0.1, 0.15) is 5.76 Å². The Labute approximate surface area is 66.6 Å². The molecule has 1 heterocycles. The minimum absolute atomic E-state index is 0.0237. The van der Waals surface area contributed by atoms with Crippen molar-refractivity contribution >= 4 is 0 Å². The molecule has 3 heteroatoms. The predicted molar refractivity (Wildman–Crippen MR) is 43.3 cm³/mol. The van der Waals surface area contributed by atoms with Crippen LogP contribution in [0.4, 0.5) is 0 Å². The van der Waals surface area contributed by atoms with Gasteiger partial charge in [-0.05, 0) is 6.92 Å². The second kappa shape index (κ2) is 2.66. The lowest BCUT2D eigenvalue weighted by molar-refractivity contribution is 0.391. The van der Waals surface area contributed by atoms with Crippen molar-refractivity contribution in [2.45, 2.75) is 26.2 Å². The Bertz CT molecular complexity index is 240. The van der Waals surface area contributed by atoms with E-state index in [4.69, 9.17) is 10.3 Å². The summed E-state index contributed by atoms with van der Waals surface area (Å²) in [6.45, 7) is 6.66. The van der Waals surface area contributed by atoms with E-state index in [0.717, 1.165) is 11.3 Å². The molecule has 0 aliphatic carbocycles. The zero-order valence-corrected chi connectivity index (χ0v) is 7.22. The van der Waals surface area contributed by atoms with Gasteiger partial charge in [0.05, 0.1) is 6.20 Å². The molecule has 0 aromatic carbocycles. The molecule has 11 heavy (non-hydrogen) atoms. The molecule has 0 aliphatic rings. The van der Waals surface area contributed by atoms with Crippen molar-refractivity contribution in [3.8, 4) is 0 Å². The van der Waals surface area contributed by atoms with Crippen LogP contribution >= 0.6 is 0 Å². The van der Waals surface area contributed by atoms with Gasteiger partial charge >= 0.3 is 0 Å². The highest BCUT2D eigenvalue weighted by Gasteiger charge is 2.22. The molecule has 62 valence electrons. The SMILES string of the molecule is Cc1oncc1C(C)(C)CN. The van der Waals surface area contributed by atoms with Crippen LogP contribution in [0, 0.1) is 6.92 Å². The van der Waals surface area contributed by atoms with Crippen molar-refractivity contribution in [2.24, 2.45) is 5.73 Å². The van der Waals surface area contributed by atoms with Gasteiger partial charge in [0, 0.05) is 17.5 Å². The van der Waals surface area contributed by atoms with Gasteiger partial charge in [-0.1, -0.05) is 19.0 Å². The summed E-state index contributed by atoms with van der Waals surface area (Å²) in [7, 11) is 0. The monoisotopic (exact) mass is 154 g/mol. The van der Waals surface area contributed by atoms with E-state index in [-0.39, 0.29) is 5.41 Å². The molecular formula is C8H14N2O. The van der Waals surface area contributed by atoms with Crippen LogP contribution in [0.5, 0.6) is 0 Å². The maximum absolute atomic E-state index is 5.60. The fourth-order valence-electron chi connectivity index (χ4n) is 1.06. The van der Waals surface area contributed by atoms with Gasteiger partial charge in [-0.25, -0.2) is 0 Å². The Balaban J connectivity index is 3.00. The standard InChI is InChI=1S/C8H14N2O/c1-6-7(4-10-11-6)8(2,3)5-9/h4H,5,9H2,1-3H3. The molecule has 0 atom stereocenters. The Morgan fingerprint density at radius 3 is 2.64 bits per heavy atom. The minimum atomic E-state index is -0.0237. The van der Waals surface area contributed by atoms with Crippen LogP contribution in [0.15, 0.2) is 10.7 Å². The van der Waals surface area contributed by atoms with Crippen molar-refractivity contribution in [3.05, 3.63) is 17.5 Å². The van der Waals surface area contributed by atoms with Crippen LogP contribution < -0.4 is 5.73 Å². The lowest BCUT2D eigenvalue weighted by atomic mass is 9.85. The highest BCUT2D eigenvalue weighted by molar-refractivity contribution is 5.22. The summed E-state index contributed by atoms with van der Waals surface area (Å²) in [6.07, 6.45) is 1.74. The Morgan fingerprint density at radius 1 is 1.64 bits per heavy atom. The predicted octanol–water partition coefficient (Wildman–Crippen LogP) is 1.22. The molecule has 0 radical (unpaired) electrons. The fraction of sp³-hybridized carbons (Fsp3) is 0.625. The fourth-order valence-corrected chi connectivity index (χ4v) is 1.06. The average Bonchev–Trinajstić information content (AvgIpc) is 2.36. The van der Waals surface area contributed by atoms with E-state index in [1.165, 1.54) is 0 Å². The maximum Gasteiger partial charge on any atom is 0.137 e. The van der Waals surface area contributed by atoms with Gasteiger partial charge in [0.25, 0.3) is 0 Å². The minimum Gasteiger partial charge on any atom is -0.361 e. The first kappa shape index (κ1) is 8.27. The summed E-state index contributed by atoms with van der Waals surface area (Å²) in [4.78, 5) is 0. The summed E-state index contributed by atoms with van der Waals surface area (Å²) in [5.74, 6) is 0.862. The highest BCUT2D eigenvalue weighted by Crippen LogP contribution is 2.24. The molecule has 1 aromatic heterocycles. The smallest absolute Gasteiger partial charge is 0.137 e. The zero-order valence-electron chi connectivity index (χ0n) is 7.22. The topological polar surface area (TPSA) is 52.0 Å². The Morgan fingerprint density at radius 2 is 2.27 bits per heavy atom.